The maximum atomic E-state index is 12.1. The van der Waals surface area contributed by atoms with Crippen molar-refractivity contribution in [2.24, 2.45) is 11.8 Å². The monoisotopic (exact) mass is 239 g/mol. The Kier molecular flexibility index (Phi) is 6.18. The summed E-state index contributed by atoms with van der Waals surface area (Å²) in [6, 6.07) is 0.672. The van der Waals surface area contributed by atoms with E-state index in [2.05, 4.69) is 32.6 Å². The van der Waals surface area contributed by atoms with E-state index in [1.165, 1.54) is 25.7 Å². The van der Waals surface area contributed by atoms with Crippen LogP contribution in [0.3, 0.4) is 0 Å². The molecule has 0 N–H and O–H groups in total. The molecule has 1 unspecified atom stereocenters. The first-order valence-electron chi connectivity index (χ1n) is 7.31. The molecule has 1 aliphatic carbocycles. The number of nitrogens with zero attached hydrogens (tertiary/aromatic N) is 1. The molecular formula is C15H29NO. The summed E-state index contributed by atoms with van der Waals surface area (Å²) in [4.78, 5) is 14.5. The number of hydrogen-bond donors (Lipinski definition) is 0. The Morgan fingerprint density at radius 1 is 1.24 bits per heavy atom. The third kappa shape index (κ3) is 4.79. The van der Waals surface area contributed by atoms with E-state index >= 15 is 0 Å². The number of carbonyl (C=O) groups is 1. The molecule has 1 aliphatic rings. The van der Waals surface area contributed by atoms with Gasteiger partial charge in [-0.1, -0.05) is 40.5 Å². The molecule has 0 aliphatic heterocycles. The van der Waals surface area contributed by atoms with Crippen LogP contribution in [-0.2, 0) is 4.79 Å². The molecule has 0 spiro atoms. The number of carbonyl (C=O) groups excluding carboxylic acids is 1. The van der Waals surface area contributed by atoms with Gasteiger partial charge in [-0.05, 0) is 25.2 Å². The zero-order chi connectivity index (χ0) is 12.8. The molecular weight excluding hydrogens is 210 g/mol. The van der Waals surface area contributed by atoms with Gasteiger partial charge in [0.2, 0.25) is 0 Å². The van der Waals surface area contributed by atoms with E-state index in [1.807, 2.05) is 0 Å². The zero-order valence-electron chi connectivity index (χ0n) is 12.0. The Morgan fingerprint density at radius 3 is 2.29 bits per heavy atom. The quantitative estimate of drug-likeness (QED) is 0.677. The van der Waals surface area contributed by atoms with Crippen molar-refractivity contribution in [2.75, 3.05) is 13.1 Å². The van der Waals surface area contributed by atoms with Crippen molar-refractivity contribution in [3.63, 3.8) is 0 Å². The van der Waals surface area contributed by atoms with Crippen molar-refractivity contribution in [1.82, 2.24) is 4.90 Å². The minimum absolute atomic E-state index is 0.228. The second kappa shape index (κ2) is 7.15. The highest BCUT2D eigenvalue weighted by atomic mass is 16.1. The van der Waals surface area contributed by atoms with Crippen LogP contribution >= 0.6 is 0 Å². The van der Waals surface area contributed by atoms with E-state index in [1.54, 1.807) is 0 Å². The molecule has 0 aromatic heterocycles. The molecule has 1 saturated carbocycles. The van der Waals surface area contributed by atoms with E-state index in [0.29, 0.717) is 24.3 Å². The van der Waals surface area contributed by atoms with Gasteiger partial charge in [0.25, 0.3) is 0 Å². The van der Waals surface area contributed by atoms with Gasteiger partial charge in [-0.3, -0.25) is 9.69 Å². The molecule has 2 nitrogen and oxygen atoms in total. The Hall–Kier alpha value is -0.370. The average Bonchev–Trinajstić information content (AvgIpc) is 2.79. The summed E-state index contributed by atoms with van der Waals surface area (Å²) in [6.07, 6.45) is 6.24. The summed E-state index contributed by atoms with van der Waals surface area (Å²) in [5.74, 6) is 1.31. The van der Waals surface area contributed by atoms with E-state index in [4.69, 9.17) is 0 Å². The summed E-state index contributed by atoms with van der Waals surface area (Å²) in [7, 11) is 0. The second-order valence-electron chi connectivity index (χ2n) is 6.04. The maximum absolute atomic E-state index is 12.1. The minimum Gasteiger partial charge on any atom is -0.298 e. The number of rotatable bonds is 7. The van der Waals surface area contributed by atoms with E-state index in [9.17, 15) is 4.79 Å². The summed E-state index contributed by atoms with van der Waals surface area (Å²) in [6.45, 7) is 10.4. The van der Waals surface area contributed by atoms with Crippen LogP contribution in [-0.4, -0.2) is 29.8 Å². The summed E-state index contributed by atoms with van der Waals surface area (Å²) >= 11 is 0. The van der Waals surface area contributed by atoms with Gasteiger partial charge in [0.1, 0.15) is 5.78 Å². The Balaban J connectivity index is 2.53. The molecule has 1 rings (SSSR count). The highest BCUT2D eigenvalue weighted by molar-refractivity contribution is 5.82. The molecule has 0 aromatic carbocycles. The summed E-state index contributed by atoms with van der Waals surface area (Å²) < 4.78 is 0. The van der Waals surface area contributed by atoms with Crippen molar-refractivity contribution in [3.8, 4) is 0 Å². The fraction of sp³-hybridized carbons (Fsp3) is 0.933. The van der Waals surface area contributed by atoms with Crippen LogP contribution in [0.1, 0.15) is 59.8 Å². The topological polar surface area (TPSA) is 20.3 Å². The predicted octanol–water partition coefficient (Wildman–Crippen LogP) is 3.50. The van der Waals surface area contributed by atoms with Crippen LogP contribution in [0.15, 0.2) is 0 Å². The summed E-state index contributed by atoms with van der Waals surface area (Å²) in [5.41, 5.74) is 0. The number of hydrogen-bond acceptors (Lipinski definition) is 2. The van der Waals surface area contributed by atoms with Crippen molar-refractivity contribution in [3.05, 3.63) is 0 Å². The SMILES string of the molecule is CCC(C)C(=O)CN(CC(C)C)C1CCCC1. The van der Waals surface area contributed by atoms with Gasteiger partial charge >= 0.3 is 0 Å². The Labute approximate surface area is 107 Å². The lowest BCUT2D eigenvalue weighted by atomic mass is 10.0. The standard InChI is InChI=1S/C15H29NO/c1-5-13(4)15(17)11-16(10-12(2)3)14-8-6-7-9-14/h12-14H,5-11H2,1-4H3. The molecule has 0 heterocycles. The van der Waals surface area contributed by atoms with Gasteiger partial charge in [-0.15, -0.1) is 0 Å². The third-order valence-corrected chi connectivity index (χ3v) is 3.96. The molecule has 17 heavy (non-hydrogen) atoms. The van der Waals surface area contributed by atoms with Crippen LogP contribution in [0.4, 0.5) is 0 Å². The van der Waals surface area contributed by atoms with Crippen LogP contribution in [0.5, 0.6) is 0 Å². The predicted molar refractivity (Wildman–Crippen MR) is 73.1 cm³/mol. The van der Waals surface area contributed by atoms with E-state index in [0.717, 1.165) is 13.0 Å². The fourth-order valence-electron chi connectivity index (χ4n) is 2.66. The van der Waals surface area contributed by atoms with Crippen LogP contribution in [0.25, 0.3) is 0 Å². The normalized spacial score (nSPS) is 19.2. The molecule has 2 heteroatoms. The molecule has 0 aromatic rings. The largest absolute Gasteiger partial charge is 0.298 e. The lowest BCUT2D eigenvalue weighted by molar-refractivity contribution is -0.124. The van der Waals surface area contributed by atoms with Gasteiger partial charge in [0.15, 0.2) is 0 Å². The van der Waals surface area contributed by atoms with Gasteiger partial charge in [-0.2, -0.15) is 0 Å². The summed E-state index contributed by atoms with van der Waals surface area (Å²) in [5, 5.41) is 0. The smallest absolute Gasteiger partial charge is 0.149 e. The zero-order valence-corrected chi connectivity index (χ0v) is 12.0. The Bertz CT molecular complexity index is 231. The lowest BCUT2D eigenvalue weighted by Gasteiger charge is -2.30. The fourth-order valence-corrected chi connectivity index (χ4v) is 2.66. The van der Waals surface area contributed by atoms with Gasteiger partial charge in [-0.25, -0.2) is 0 Å². The van der Waals surface area contributed by atoms with Crippen LogP contribution in [0, 0.1) is 11.8 Å². The van der Waals surface area contributed by atoms with Crippen molar-refractivity contribution in [1.29, 1.82) is 0 Å². The number of Topliss-reactive ketones (excluding diaryl/α,β-unsaturated/α-hetero) is 1. The maximum Gasteiger partial charge on any atom is 0.149 e. The highest BCUT2D eigenvalue weighted by Gasteiger charge is 2.25. The molecule has 0 amide bonds. The lowest BCUT2D eigenvalue weighted by Crippen LogP contribution is -2.41. The highest BCUT2D eigenvalue weighted by Crippen LogP contribution is 2.24. The Morgan fingerprint density at radius 2 is 1.82 bits per heavy atom. The minimum atomic E-state index is 0.228. The average molecular weight is 239 g/mol. The first-order valence-corrected chi connectivity index (χ1v) is 7.31. The number of ketones is 1. The van der Waals surface area contributed by atoms with Gasteiger partial charge in [0.05, 0.1) is 6.54 Å². The van der Waals surface area contributed by atoms with Crippen molar-refractivity contribution in [2.45, 2.75) is 65.8 Å². The van der Waals surface area contributed by atoms with Crippen molar-refractivity contribution < 1.29 is 4.79 Å². The van der Waals surface area contributed by atoms with E-state index in [-0.39, 0.29) is 5.92 Å². The molecule has 0 bridgehead atoms. The van der Waals surface area contributed by atoms with Gasteiger partial charge < -0.3 is 0 Å². The third-order valence-electron chi connectivity index (χ3n) is 3.96. The van der Waals surface area contributed by atoms with E-state index < -0.39 is 0 Å². The van der Waals surface area contributed by atoms with Crippen molar-refractivity contribution >= 4 is 5.78 Å². The first-order chi connectivity index (χ1) is 8.04. The molecule has 1 fully saturated rings. The molecule has 0 radical (unpaired) electrons. The van der Waals surface area contributed by atoms with Crippen LogP contribution < -0.4 is 0 Å². The molecule has 100 valence electrons. The second-order valence-corrected chi connectivity index (χ2v) is 6.04. The molecule has 0 saturated heterocycles. The van der Waals surface area contributed by atoms with Crippen LogP contribution in [0.2, 0.25) is 0 Å². The first kappa shape index (κ1) is 14.7. The molecule has 1 atom stereocenters. The van der Waals surface area contributed by atoms with Gasteiger partial charge in [0, 0.05) is 18.5 Å².